The van der Waals surface area contributed by atoms with Gasteiger partial charge in [0, 0.05) is 44.1 Å². The molecule has 52 heavy (non-hydrogen) atoms. The van der Waals surface area contributed by atoms with Crippen molar-refractivity contribution in [2.75, 3.05) is 0 Å². The monoisotopic (exact) mass is 664 g/mol. The van der Waals surface area contributed by atoms with Crippen LogP contribution in [0.2, 0.25) is 0 Å². The Morgan fingerprint density at radius 3 is 1.40 bits per heavy atom. The van der Waals surface area contributed by atoms with Crippen LogP contribution >= 0.6 is 0 Å². The molecule has 0 fully saturated rings. The van der Waals surface area contributed by atoms with Crippen LogP contribution in [-0.4, -0.2) is 19.1 Å². The van der Waals surface area contributed by atoms with Gasteiger partial charge in [-0.1, -0.05) is 158 Å². The number of fused-ring (bicyclic) bond motifs is 4. The molecule has 244 valence electrons. The Kier molecular flexibility index (Phi) is 7.10. The van der Waals surface area contributed by atoms with Gasteiger partial charge in [-0.3, -0.25) is 9.13 Å². The smallest absolute Gasteiger partial charge is 0.160 e. The molecule has 0 aliphatic heterocycles. The molecule has 0 aliphatic carbocycles. The van der Waals surface area contributed by atoms with Crippen molar-refractivity contribution in [3.05, 3.63) is 194 Å². The molecule has 0 spiro atoms. The van der Waals surface area contributed by atoms with E-state index in [0.717, 1.165) is 56.1 Å². The molecule has 0 unspecified atom stereocenters. The number of hydrogen-bond donors (Lipinski definition) is 0. The molecule has 0 saturated heterocycles. The van der Waals surface area contributed by atoms with Crippen molar-refractivity contribution >= 4 is 32.7 Å². The van der Waals surface area contributed by atoms with Crippen LogP contribution in [0.25, 0.3) is 89.2 Å². The van der Waals surface area contributed by atoms with Gasteiger partial charge in [0.2, 0.25) is 0 Å². The number of hydrogen-bond acceptors (Lipinski definition) is 2. The van der Waals surface area contributed by atoms with Crippen LogP contribution in [0.3, 0.4) is 0 Å². The Bertz CT molecular complexity index is 2780. The summed E-state index contributed by atoms with van der Waals surface area (Å²) in [6, 6.07) is 68.5. The van der Waals surface area contributed by atoms with Crippen LogP contribution in [0.15, 0.2) is 194 Å². The highest BCUT2D eigenvalue weighted by Gasteiger charge is 2.25. The third kappa shape index (κ3) is 4.92. The predicted octanol–water partition coefficient (Wildman–Crippen LogP) is 12.2. The average molecular weight is 665 g/mol. The van der Waals surface area contributed by atoms with E-state index in [1.54, 1.807) is 0 Å². The minimum Gasteiger partial charge on any atom is -0.295 e. The molecule has 0 bridgehead atoms. The number of rotatable bonds is 6. The maximum absolute atomic E-state index is 5.18. The van der Waals surface area contributed by atoms with Crippen LogP contribution in [0, 0.1) is 0 Å². The fourth-order valence-corrected chi connectivity index (χ4v) is 7.61. The van der Waals surface area contributed by atoms with Gasteiger partial charge in [0.05, 0.1) is 27.9 Å². The third-order valence-electron chi connectivity index (χ3n) is 9.93. The first-order valence-corrected chi connectivity index (χ1v) is 17.6. The first-order valence-electron chi connectivity index (χ1n) is 17.6. The zero-order chi connectivity index (χ0) is 34.4. The fraction of sp³-hybridized carbons (Fsp3) is 0. The lowest BCUT2D eigenvalue weighted by molar-refractivity contribution is 1.00. The Morgan fingerprint density at radius 1 is 0.327 bits per heavy atom. The van der Waals surface area contributed by atoms with Crippen molar-refractivity contribution in [2.45, 2.75) is 0 Å². The molecule has 3 aromatic heterocycles. The molecule has 10 rings (SSSR count). The minimum absolute atomic E-state index is 0.700. The van der Waals surface area contributed by atoms with Gasteiger partial charge < -0.3 is 0 Å². The Morgan fingerprint density at radius 2 is 0.788 bits per heavy atom. The lowest BCUT2D eigenvalue weighted by atomic mass is 10.0. The van der Waals surface area contributed by atoms with Crippen LogP contribution in [0.5, 0.6) is 0 Å². The largest absolute Gasteiger partial charge is 0.295 e. The first kappa shape index (κ1) is 29.8. The van der Waals surface area contributed by atoms with E-state index in [2.05, 4.69) is 179 Å². The normalized spacial score (nSPS) is 11.5. The molecule has 0 saturated carbocycles. The maximum Gasteiger partial charge on any atom is 0.160 e. The standard InChI is InChI=1S/C48H32N4/c1-4-17-33(18-5-1)41-32-42(50-47(49-41)35-21-8-3-9-22-35)36-23-16-24-37(31-36)51-45-30-15-12-27-40(45)46(34-19-6-2-7-20-34)48(51)52-43-28-13-10-25-38(43)39-26-11-14-29-44(39)52/h1-32H. The maximum atomic E-state index is 5.18. The van der Waals surface area contributed by atoms with Gasteiger partial charge in [-0.05, 0) is 42.0 Å². The lowest BCUT2D eigenvalue weighted by Gasteiger charge is -2.17. The number of nitrogens with zero attached hydrogens (tertiary/aromatic N) is 4. The van der Waals surface area contributed by atoms with Gasteiger partial charge in [0.25, 0.3) is 0 Å². The molecule has 0 N–H and O–H groups in total. The summed E-state index contributed by atoms with van der Waals surface area (Å²) in [5.41, 5.74) is 11.7. The van der Waals surface area contributed by atoms with E-state index in [1.807, 2.05) is 24.3 Å². The average Bonchev–Trinajstić information content (AvgIpc) is 3.74. The fourth-order valence-electron chi connectivity index (χ4n) is 7.61. The van der Waals surface area contributed by atoms with E-state index in [1.165, 1.54) is 27.3 Å². The highest BCUT2D eigenvalue weighted by Crippen LogP contribution is 2.43. The molecule has 7 aromatic carbocycles. The second-order valence-corrected chi connectivity index (χ2v) is 13.0. The lowest BCUT2D eigenvalue weighted by Crippen LogP contribution is -2.05. The van der Waals surface area contributed by atoms with E-state index < -0.39 is 0 Å². The van der Waals surface area contributed by atoms with Gasteiger partial charge in [-0.15, -0.1) is 0 Å². The predicted molar refractivity (Wildman–Crippen MR) is 215 cm³/mol. The number of benzene rings is 7. The zero-order valence-electron chi connectivity index (χ0n) is 28.3. The summed E-state index contributed by atoms with van der Waals surface area (Å²) in [4.78, 5) is 10.2. The SMILES string of the molecule is c1ccc(-c2cc(-c3cccc(-n4c(-n5c6ccccc6c6ccccc65)c(-c5ccccc5)c5ccccc54)c3)nc(-c3ccccc3)n2)cc1. The highest BCUT2D eigenvalue weighted by molar-refractivity contribution is 6.11. The second-order valence-electron chi connectivity index (χ2n) is 13.0. The van der Waals surface area contributed by atoms with E-state index >= 15 is 0 Å². The molecule has 0 aliphatic rings. The van der Waals surface area contributed by atoms with Gasteiger partial charge in [0.1, 0.15) is 5.82 Å². The molecule has 0 amide bonds. The summed E-state index contributed by atoms with van der Waals surface area (Å²) < 4.78 is 4.88. The topological polar surface area (TPSA) is 35.6 Å². The summed E-state index contributed by atoms with van der Waals surface area (Å²) in [5.74, 6) is 1.80. The molecular formula is C48H32N4. The molecule has 10 aromatic rings. The van der Waals surface area contributed by atoms with Crippen LogP contribution in [0.1, 0.15) is 0 Å². The number of aromatic nitrogens is 4. The summed E-state index contributed by atoms with van der Waals surface area (Å²) in [6.45, 7) is 0. The van der Waals surface area contributed by atoms with Crippen molar-refractivity contribution in [1.29, 1.82) is 0 Å². The van der Waals surface area contributed by atoms with E-state index in [-0.39, 0.29) is 0 Å². The zero-order valence-corrected chi connectivity index (χ0v) is 28.3. The summed E-state index contributed by atoms with van der Waals surface area (Å²) in [6.07, 6.45) is 0. The Hall–Kier alpha value is -7.04. The summed E-state index contributed by atoms with van der Waals surface area (Å²) in [5, 5.41) is 3.65. The van der Waals surface area contributed by atoms with E-state index in [0.29, 0.717) is 5.82 Å². The van der Waals surface area contributed by atoms with Crippen molar-refractivity contribution in [1.82, 2.24) is 19.1 Å². The molecular weight excluding hydrogens is 633 g/mol. The summed E-state index contributed by atoms with van der Waals surface area (Å²) in [7, 11) is 0. The van der Waals surface area contributed by atoms with Crippen molar-refractivity contribution in [3.63, 3.8) is 0 Å². The quantitative estimate of drug-likeness (QED) is 0.177. The van der Waals surface area contributed by atoms with Crippen molar-refractivity contribution < 1.29 is 0 Å². The third-order valence-corrected chi connectivity index (χ3v) is 9.93. The van der Waals surface area contributed by atoms with Crippen LogP contribution in [-0.2, 0) is 0 Å². The second kappa shape index (κ2) is 12.4. The Balaban J connectivity index is 1.27. The molecule has 0 radical (unpaired) electrons. The highest BCUT2D eigenvalue weighted by atomic mass is 15.2. The van der Waals surface area contributed by atoms with E-state index in [4.69, 9.17) is 9.97 Å². The molecule has 3 heterocycles. The van der Waals surface area contributed by atoms with Gasteiger partial charge in [-0.25, -0.2) is 9.97 Å². The van der Waals surface area contributed by atoms with E-state index in [9.17, 15) is 0 Å². The Labute approximate surface area is 301 Å². The van der Waals surface area contributed by atoms with Gasteiger partial charge >= 0.3 is 0 Å². The molecule has 4 heteroatoms. The van der Waals surface area contributed by atoms with Crippen LogP contribution < -0.4 is 0 Å². The molecule has 0 atom stereocenters. The van der Waals surface area contributed by atoms with Gasteiger partial charge in [0.15, 0.2) is 5.82 Å². The number of para-hydroxylation sites is 3. The first-order chi connectivity index (χ1) is 25.8. The summed E-state index contributed by atoms with van der Waals surface area (Å²) >= 11 is 0. The minimum atomic E-state index is 0.700. The van der Waals surface area contributed by atoms with Crippen molar-refractivity contribution in [2.24, 2.45) is 0 Å². The van der Waals surface area contributed by atoms with Crippen molar-refractivity contribution in [3.8, 4) is 56.5 Å². The van der Waals surface area contributed by atoms with Crippen LogP contribution in [0.4, 0.5) is 0 Å². The van der Waals surface area contributed by atoms with Gasteiger partial charge in [-0.2, -0.15) is 0 Å². The molecule has 4 nitrogen and oxygen atoms in total.